The number of fused-ring (bicyclic) bond motifs is 1. The molecule has 0 fully saturated rings. The summed E-state index contributed by atoms with van der Waals surface area (Å²) in [5.74, 6) is -1.59. The first kappa shape index (κ1) is 16.4. The predicted molar refractivity (Wildman–Crippen MR) is 93.3 cm³/mol. The summed E-state index contributed by atoms with van der Waals surface area (Å²) in [6.45, 7) is 1.77. The molecule has 3 aromatic heterocycles. The fraction of sp³-hybridized carbons (Fsp3) is 0.0556. The van der Waals surface area contributed by atoms with Gasteiger partial charge in [-0.25, -0.2) is 18.7 Å². The number of hydrogen-bond donors (Lipinski definition) is 1. The lowest BCUT2D eigenvalue weighted by Crippen LogP contribution is -1.96. The highest BCUT2D eigenvalue weighted by Crippen LogP contribution is 2.40. The van der Waals surface area contributed by atoms with Crippen LogP contribution in [-0.4, -0.2) is 20.2 Å². The third-order valence-corrected chi connectivity index (χ3v) is 4.01. The van der Waals surface area contributed by atoms with Crippen LogP contribution in [0.25, 0.3) is 22.3 Å². The molecule has 0 saturated carbocycles. The van der Waals surface area contributed by atoms with Crippen LogP contribution in [0.15, 0.2) is 42.6 Å². The fourth-order valence-corrected chi connectivity index (χ4v) is 2.90. The zero-order chi connectivity index (χ0) is 18.3. The van der Waals surface area contributed by atoms with E-state index in [9.17, 15) is 8.78 Å². The molecule has 0 amide bonds. The van der Waals surface area contributed by atoms with E-state index in [-0.39, 0.29) is 16.7 Å². The van der Waals surface area contributed by atoms with Gasteiger partial charge in [0.15, 0.2) is 28.1 Å². The monoisotopic (exact) mass is 372 g/mol. The lowest BCUT2D eigenvalue weighted by molar-refractivity contribution is 0.437. The maximum atomic E-state index is 14.0. The van der Waals surface area contributed by atoms with Gasteiger partial charge in [-0.1, -0.05) is 11.6 Å². The largest absolute Gasteiger partial charge is 0.450 e. The second kappa shape index (κ2) is 6.34. The standard InChI is InChI=1S/C18H11ClF2N4O/c1-9-7-12(15-11-3-2-6-22-18(11)25-24-15)16(17(19)23-9)26-14-5-4-10(20)8-13(14)21/h2-8H,1H3,(H,22,24,25). The molecular formula is C18H11ClF2N4O. The number of H-pyrrole nitrogens is 1. The fourth-order valence-electron chi connectivity index (χ4n) is 2.62. The number of aryl methyl sites for hydroxylation is 1. The van der Waals surface area contributed by atoms with Gasteiger partial charge in [0, 0.05) is 23.3 Å². The van der Waals surface area contributed by atoms with Crippen molar-refractivity contribution in [3.05, 3.63) is 65.1 Å². The summed E-state index contributed by atoms with van der Waals surface area (Å²) >= 11 is 6.25. The normalized spacial score (nSPS) is 11.1. The molecule has 0 atom stereocenters. The first-order valence-electron chi connectivity index (χ1n) is 7.62. The van der Waals surface area contributed by atoms with Crippen molar-refractivity contribution in [2.45, 2.75) is 6.92 Å². The minimum Gasteiger partial charge on any atom is -0.450 e. The maximum Gasteiger partial charge on any atom is 0.174 e. The lowest BCUT2D eigenvalue weighted by Gasteiger charge is -2.13. The van der Waals surface area contributed by atoms with Crippen molar-refractivity contribution in [1.82, 2.24) is 20.2 Å². The summed E-state index contributed by atoms with van der Waals surface area (Å²) in [7, 11) is 0. The van der Waals surface area contributed by atoms with Crippen molar-refractivity contribution in [1.29, 1.82) is 0 Å². The van der Waals surface area contributed by atoms with E-state index < -0.39 is 11.6 Å². The molecule has 0 aliphatic carbocycles. The molecule has 1 N–H and O–H groups in total. The first-order chi connectivity index (χ1) is 12.5. The van der Waals surface area contributed by atoms with E-state index in [4.69, 9.17) is 16.3 Å². The number of hydrogen-bond acceptors (Lipinski definition) is 4. The highest BCUT2D eigenvalue weighted by molar-refractivity contribution is 6.31. The molecule has 0 spiro atoms. The summed E-state index contributed by atoms with van der Waals surface area (Å²) in [4.78, 5) is 8.36. The van der Waals surface area contributed by atoms with Crippen LogP contribution in [0.1, 0.15) is 5.69 Å². The minimum atomic E-state index is -0.846. The number of rotatable bonds is 3. The van der Waals surface area contributed by atoms with Gasteiger partial charge in [-0.2, -0.15) is 5.10 Å². The molecule has 1 aromatic carbocycles. The quantitative estimate of drug-likeness (QED) is 0.511. The highest BCUT2D eigenvalue weighted by atomic mass is 35.5. The van der Waals surface area contributed by atoms with Gasteiger partial charge >= 0.3 is 0 Å². The number of pyridine rings is 2. The van der Waals surface area contributed by atoms with Crippen LogP contribution < -0.4 is 4.74 Å². The van der Waals surface area contributed by atoms with E-state index in [1.54, 1.807) is 25.3 Å². The molecule has 8 heteroatoms. The molecule has 0 radical (unpaired) electrons. The topological polar surface area (TPSA) is 63.7 Å². The van der Waals surface area contributed by atoms with E-state index in [2.05, 4.69) is 20.2 Å². The number of benzene rings is 1. The van der Waals surface area contributed by atoms with Crippen molar-refractivity contribution < 1.29 is 13.5 Å². The highest BCUT2D eigenvalue weighted by Gasteiger charge is 2.20. The van der Waals surface area contributed by atoms with Crippen LogP contribution >= 0.6 is 11.6 Å². The van der Waals surface area contributed by atoms with Crippen molar-refractivity contribution in [2.75, 3.05) is 0 Å². The summed E-state index contributed by atoms with van der Waals surface area (Å²) in [5.41, 5.74) is 2.28. The van der Waals surface area contributed by atoms with E-state index >= 15 is 0 Å². The van der Waals surface area contributed by atoms with Crippen LogP contribution in [-0.2, 0) is 0 Å². The minimum absolute atomic E-state index is 0.0452. The molecule has 0 unspecified atom stereocenters. The van der Waals surface area contributed by atoms with Crippen LogP contribution in [0, 0.1) is 18.6 Å². The Kier molecular flexibility index (Phi) is 4.00. The van der Waals surface area contributed by atoms with E-state index in [1.807, 2.05) is 6.07 Å². The van der Waals surface area contributed by atoms with Crippen molar-refractivity contribution in [3.8, 4) is 22.8 Å². The molecule has 4 aromatic rings. The molecule has 0 aliphatic rings. The Labute approximate surface area is 151 Å². The van der Waals surface area contributed by atoms with E-state index in [1.165, 1.54) is 6.07 Å². The smallest absolute Gasteiger partial charge is 0.174 e. The third kappa shape index (κ3) is 2.86. The van der Waals surface area contributed by atoms with E-state index in [0.29, 0.717) is 22.6 Å². The van der Waals surface area contributed by atoms with Gasteiger partial charge < -0.3 is 4.74 Å². The number of aromatic nitrogens is 4. The third-order valence-electron chi connectivity index (χ3n) is 3.76. The Bertz CT molecular complexity index is 1130. The predicted octanol–water partition coefficient (Wildman–Crippen LogP) is 5.05. The Morgan fingerprint density at radius 3 is 2.81 bits per heavy atom. The zero-order valence-corrected chi connectivity index (χ0v) is 14.2. The van der Waals surface area contributed by atoms with Gasteiger partial charge in [0.2, 0.25) is 0 Å². The average Bonchev–Trinajstić information content (AvgIpc) is 3.03. The molecular weight excluding hydrogens is 362 g/mol. The Morgan fingerprint density at radius 1 is 1.15 bits per heavy atom. The van der Waals surface area contributed by atoms with Crippen molar-refractivity contribution >= 4 is 22.6 Å². The molecule has 26 heavy (non-hydrogen) atoms. The average molecular weight is 373 g/mol. The van der Waals surface area contributed by atoms with Crippen LogP contribution in [0.5, 0.6) is 11.5 Å². The summed E-state index contributed by atoms with van der Waals surface area (Å²) in [6, 6.07) is 8.37. The Balaban J connectivity index is 1.90. The van der Waals surface area contributed by atoms with Gasteiger partial charge in [0.25, 0.3) is 0 Å². The summed E-state index contributed by atoms with van der Waals surface area (Å²) in [5, 5.41) is 7.90. The van der Waals surface area contributed by atoms with Crippen LogP contribution in [0.3, 0.4) is 0 Å². The zero-order valence-electron chi connectivity index (χ0n) is 13.4. The lowest BCUT2D eigenvalue weighted by atomic mass is 10.1. The molecule has 0 bridgehead atoms. The van der Waals surface area contributed by atoms with Crippen molar-refractivity contribution in [2.24, 2.45) is 0 Å². The van der Waals surface area contributed by atoms with Gasteiger partial charge in [-0.05, 0) is 37.3 Å². The van der Waals surface area contributed by atoms with Crippen molar-refractivity contribution in [3.63, 3.8) is 0 Å². The van der Waals surface area contributed by atoms with Crippen LogP contribution in [0.4, 0.5) is 8.78 Å². The number of halogens is 3. The first-order valence-corrected chi connectivity index (χ1v) is 8.00. The number of nitrogens with zero attached hydrogens (tertiary/aromatic N) is 3. The number of aromatic amines is 1. The second-order valence-electron chi connectivity index (χ2n) is 5.58. The summed E-state index contributed by atoms with van der Waals surface area (Å²) < 4.78 is 32.8. The SMILES string of the molecule is Cc1cc(-c2n[nH]c3ncccc23)c(Oc2ccc(F)cc2F)c(Cl)n1. The van der Waals surface area contributed by atoms with Gasteiger partial charge in [-0.15, -0.1) is 0 Å². The van der Waals surface area contributed by atoms with E-state index in [0.717, 1.165) is 17.5 Å². The molecule has 4 rings (SSSR count). The van der Waals surface area contributed by atoms with Crippen LogP contribution in [0.2, 0.25) is 5.15 Å². The second-order valence-corrected chi connectivity index (χ2v) is 5.94. The molecule has 3 heterocycles. The molecule has 0 saturated heterocycles. The molecule has 130 valence electrons. The van der Waals surface area contributed by atoms with Gasteiger partial charge in [-0.3, -0.25) is 5.10 Å². The Hall–Kier alpha value is -3.06. The molecule has 5 nitrogen and oxygen atoms in total. The molecule has 0 aliphatic heterocycles. The number of nitrogens with one attached hydrogen (secondary N) is 1. The van der Waals surface area contributed by atoms with Gasteiger partial charge in [0.05, 0.1) is 5.56 Å². The summed E-state index contributed by atoms with van der Waals surface area (Å²) in [6.07, 6.45) is 1.64. The van der Waals surface area contributed by atoms with Gasteiger partial charge in [0.1, 0.15) is 11.5 Å². The maximum absolute atomic E-state index is 14.0. The Morgan fingerprint density at radius 2 is 2.00 bits per heavy atom. The number of ether oxygens (including phenoxy) is 1.